The summed E-state index contributed by atoms with van der Waals surface area (Å²) in [5.74, 6) is 0. The highest BCUT2D eigenvalue weighted by Gasteiger charge is 2.29. The van der Waals surface area contributed by atoms with Gasteiger partial charge in [-0.3, -0.25) is 4.52 Å². The van der Waals surface area contributed by atoms with Crippen LogP contribution in [0.3, 0.4) is 0 Å². The van der Waals surface area contributed by atoms with Crippen molar-refractivity contribution in [2.24, 2.45) is 5.41 Å². The Kier molecular flexibility index (Phi) is 8.18. The number of ether oxygens (including phenoxy) is 1. The number of rotatable bonds is 9. The standard InChI is InChI=1S/C12H28NO7PS/c1-7-13(22(6,17)18)8-11(9-19-21(14,15)16)20-10(2)12(3,4)5/h10-11H,7-9H2,1-6H3,(H2,14,15,16)/t10-,11-/m0/s1. The summed E-state index contributed by atoms with van der Waals surface area (Å²) < 4.78 is 45.6. The molecular weight excluding hydrogens is 333 g/mol. The second kappa shape index (κ2) is 8.19. The molecule has 2 N–H and O–H groups in total. The number of nitrogens with zero attached hydrogens (tertiary/aromatic N) is 1. The zero-order valence-corrected chi connectivity index (χ0v) is 15.7. The predicted octanol–water partition coefficient (Wildman–Crippen LogP) is 1.20. The van der Waals surface area contributed by atoms with Gasteiger partial charge in [-0.1, -0.05) is 27.7 Å². The molecule has 0 aliphatic heterocycles. The predicted molar refractivity (Wildman–Crippen MR) is 83.9 cm³/mol. The lowest BCUT2D eigenvalue weighted by Crippen LogP contribution is -2.42. The molecule has 0 aliphatic rings. The summed E-state index contributed by atoms with van der Waals surface area (Å²) in [4.78, 5) is 17.6. The van der Waals surface area contributed by atoms with Crippen LogP contribution in [0.1, 0.15) is 34.6 Å². The summed E-state index contributed by atoms with van der Waals surface area (Å²) in [6.45, 7) is 9.16. The Morgan fingerprint density at radius 1 is 1.27 bits per heavy atom. The van der Waals surface area contributed by atoms with E-state index in [4.69, 9.17) is 14.5 Å². The quantitative estimate of drug-likeness (QED) is 0.593. The van der Waals surface area contributed by atoms with Gasteiger partial charge in [0.15, 0.2) is 0 Å². The fourth-order valence-electron chi connectivity index (χ4n) is 1.53. The van der Waals surface area contributed by atoms with Crippen molar-refractivity contribution in [1.29, 1.82) is 0 Å². The van der Waals surface area contributed by atoms with Gasteiger partial charge in [-0.15, -0.1) is 0 Å². The molecule has 0 heterocycles. The number of likely N-dealkylation sites (N-methyl/N-ethyl adjacent to an activating group) is 1. The van der Waals surface area contributed by atoms with E-state index in [2.05, 4.69) is 4.52 Å². The third kappa shape index (κ3) is 9.19. The minimum atomic E-state index is -4.64. The van der Waals surface area contributed by atoms with E-state index in [1.807, 2.05) is 27.7 Å². The molecule has 0 saturated heterocycles. The molecule has 0 saturated carbocycles. The maximum absolute atomic E-state index is 11.7. The lowest BCUT2D eigenvalue weighted by molar-refractivity contribution is -0.0777. The highest BCUT2D eigenvalue weighted by molar-refractivity contribution is 7.88. The molecule has 0 unspecified atom stereocenters. The Hall–Kier alpha value is -0.0200. The lowest BCUT2D eigenvalue weighted by atomic mass is 9.90. The van der Waals surface area contributed by atoms with Gasteiger partial charge < -0.3 is 14.5 Å². The third-order valence-electron chi connectivity index (χ3n) is 3.27. The Labute approximate surface area is 133 Å². The van der Waals surface area contributed by atoms with Crippen LogP contribution in [0.2, 0.25) is 0 Å². The minimum Gasteiger partial charge on any atom is -0.371 e. The average Bonchev–Trinajstić information content (AvgIpc) is 2.28. The second-order valence-electron chi connectivity index (χ2n) is 6.27. The number of hydrogen-bond donors (Lipinski definition) is 2. The van der Waals surface area contributed by atoms with Crippen molar-refractivity contribution in [1.82, 2.24) is 4.31 Å². The molecule has 0 aromatic heterocycles. The highest BCUT2D eigenvalue weighted by atomic mass is 32.2. The molecule has 0 radical (unpaired) electrons. The smallest absolute Gasteiger partial charge is 0.371 e. The molecule has 0 rings (SSSR count). The maximum Gasteiger partial charge on any atom is 0.469 e. The van der Waals surface area contributed by atoms with E-state index in [1.54, 1.807) is 6.92 Å². The van der Waals surface area contributed by atoms with E-state index in [1.165, 1.54) is 4.31 Å². The summed E-state index contributed by atoms with van der Waals surface area (Å²) >= 11 is 0. The van der Waals surface area contributed by atoms with Gasteiger partial charge in [0.25, 0.3) is 0 Å². The van der Waals surface area contributed by atoms with Crippen LogP contribution in [-0.4, -0.2) is 60.7 Å². The Balaban J connectivity index is 5.04. The average molecular weight is 361 g/mol. The number of sulfonamides is 1. The van der Waals surface area contributed by atoms with Crippen LogP contribution in [0.15, 0.2) is 0 Å². The van der Waals surface area contributed by atoms with E-state index in [0.717, 1.165) is 6.26 Å². The lowest BCUT2D eigenvalue weighted by Gasteiger charge is -2.33. The van der Waals surface area contributed by atoms with E-state index >= 15 is 0 Å². The largest absolute Gasteiger partial charge is 0.469 e. The molecule has 134 valence electrons. The summed E-state index contributed by atoms with van der Waals surface area (Å²) in [6.07, 6.45) is 0.0394. The van der Waals surface area contributed by atoms with Crippen LogP contribution >= 0.6 is 7.82 Å². The van der Waals surface area contributed by atoms with Gasteiger partial charge >= 0.3 is 7.82 Å². The molecule has 0 spiro atoms. The van der Waals surface area contributed by atoms with Crippen LogP contribution in [0.5, 0.6) is 0 Å². The van der Waals surface area contributed by atoms with Gasteiger partial charge in [-0.2, -0.15) is 4.31 Å². The van der Waals surface area contributed by atoms with Crippen LogP contribution in [0.4, 0.5) is 0 Å². The first-order valence-corrected chi connectivity index (χ1v) is 10.4. The monoisotopic (exact) mass is 361 g/mol. The Morgan fingerprint density at radius 3 is 2.09 bits per heavy atom. The number of phosphoric ester groups is 1. The summed E-state index contributed by atoms with van der Waals surface area (Å²) in [5, 5.41) is 0. The molecule has 22 heavy (non-hydrogen) atoms. The molecule has 0 aromatic rings. The zero-order chi connectivity index (χ0) is 17.8. The molecule has 0 fully saturated rings. The van der Waals surface area contributed by atoms with Crippen molar-refractivity contribution in [2.45, 2.75) is 46.8 Å². The van der Waals surface area contributed by atoms with Gasteiger partial charge in [0, 0.05) is 13.1 Å². The SMILES string of the molecule is CCN(C[C@@H](COP(=O)(O)O)O[C@@H](C)C(C)(C)C)S(C)(=O)=O. The van der Waals surface area contributed by atoms with Crippen LogP contribution in [-0.2, 0) is 23.8 Å². The van der Waals surface area contributed by atoms with Crippen LogP contribution in [0.25, 0.3) is 0 Å². The highest BCUT2D eigenvalue weighted by Crippen LogP contribution is 2.36. The zero-order valence-electron chi connectivity index (χ0n) is 14.0. The van der Waals surface area contributed by atoms with Crippen molar-refractivity contribution in [2.75, 3.05) is 26.0 Å². The second-order valence-corrected chi connectivity index (χ2v) is 9.49. The van der Waals surface area contributed by atoms with E-state index in [0.29, 0.717) is 0 Å². The van der Waals surface area contributed by atoms with Crippen LogP contribution in [0, 0.1) is 5.41 Å². The molecule has 0 aliphatic carbocycles. The van der Waals surface area contributed by atoms with E-state index in [-0.39, 0.29) is 24.6 Å². The first-order chi connectivity index (χ1) is 9.66. The molecule has 0 aromatic carbocycles. The van der Waals surface area contributed by atoms with Crippen LogP contribution < -0.4 is 0 Å². The minimum absolute atomic E-state index is 0.0320. The summed E-state index contributed by atoms with van der Waals surface area (Å²) in [6, 6.07) is 0. The van der Waals surface area contributed by atoms with Gasteiger partial charge in [-0.25, -0.2) is 13.0 Å². The Bertz CT molecular complexity index is 482. The molecule has 0 amide bonds. The topological polar surface area (TPSA) is 113 Å². The fourth-order valence-corrected chi connectivity index (χ4v) is 2.80. The summed E-state index contributed by atoms with van der Waals surface area (Å²) in [5.41, 5.74) is -0.206. The normalized spacial score (nSPS) is 16.8. The molecular formula is C12H28NO7PS. The van der Waals surface area contributed by atoms with E-state index < -0.39 is 30.6 Å². The molecule has 10 heteroatoms. The van der Waals surface area contributed by atoms with Gasteiger partial charge in [0.2, 0.25) is 10.0 Å². The van der Waals surface area contributed by atoms with Gasteiger partial charge in [-0.05, 0) is 12.3 Å². The first-order valence-electron chi connectivity index (χ1n) is 6.97. The Morgan fingerprint density at radius 2 is 1.77 bits per heavy atom. The van der Waals surface area contributed by atoms with Gasteiger partial charge in [0.1, 0.15) is 0 Å². The number of hydrogen-bond acceptors (Lipinski definition) is 5. The number of phosphoric acid groups is 1. The van der Waals surface area contributed by atoms with Crippen molar-refractivity contribution in [3.63, 3.8) is 0 Å². The van der Waals surface area contributed by atoms with Crippen molar-refractivity contribution in [3.8, 4) is 0 Å². The maximum atomic E-state index is 11.7. The first kappa shape index (κ1) is 22.0. The third-order valence-corrected chi connectivity index (χ3v) is 5.10. The molecule has 2 atom stereocenters. The summed E-state index contributed by atoms with van der Waals surface area (Å²) in [7, 11) is -8.08. The molecule has 0 bridgehead atoms. The van der Waals surface area contributed by atoms with Crippen molar-refractivity contribution < 1.29 is 32.0 Å². The fraction of sp³-hybridized carbons (Fsp3) is 1.00. The van der Waals surface area contributed by atoms with Crippen molar-refractivity contribution in [3.05, 3.63) is 0 Å². The van der Waals surface area contributed by atoms with Crippen molar-refractivity contribution >= 4 is 17.8 Å². The van der Waals surface area contributed by atoms with E-state index in [9.17, 15) is 13.0 Å². The molecule has 8 nitrogen and oxygen atoms in total. The van der Waals surface area contributed by atoms with Gasteiger partial charge in [0.05, 0.1) is 25.1 Å².